The highest BCUT2D eigenvalue weighted by molar-refractivity contribution is 5.83. The van der Waals surface area contributed by atoms with Crippen LogP contribution in [-0.4, -0.2) is 31.1 Å². The number of methoxy groups -OCH3 is 1. The smallest absolute Gasteiger partial charge is 0.329 e. The molecule has 0 rings (SSSR count). The van der Waals surface area contributed by atoms with Crippen LogP contribution >= 0.6 is 0 Å². The molecule has 0 unspecified atom stereocenters. The zero-order chi connectivity index (χ0) is 9.72. The minimum Gasteiger partial charge on any atom is -0.467 e. The van der Waals surface area contributed by atoms with Crippen LogP contribution in [0.5, 0.6) is 0 Å². The van der Waals surface area contributed by atoms with Crippen LogP contribution in [0.1, 0.15) is 13.8 Å². The molecular formula is C7H14N2O3. The molecule has 12 heavy (non-hydrogen) atoms. The molecule has 0 spiro atoms. The van der Waals surface area contributed by atoms with Gasteiger partial charge in [-0.3, -0.25) is 4.79 Å². The van der Waals surface area contributed by atoms with Gasteiger partial charge in [-0.1, -0.05) is 0 Å². The molecule has 0 saturated carbocycles. The Morgan fingerprint density at radius 2 is 2.00 bits per heavy atom. The summed E-state index contributed by atoms with van der Waals surface area (Å²) in [7, 11) is 1.25. The molecule has 0 aromatic carbocycles. The number of hydrogen-bond donors (Lipinski definition) is 2. The van der Waals surface area contributed by atoms with Gasteiger partial charge in [0.05, 0.1) is 7.11 Å². The molecule has 0 aliphatic carbocycles. The highest BCUT2D eigenvalue weighted by atomic mass is 16.5. The van der Waals surface area contributed by atoms with Crippen molar-refractivity contribution in [2.75, 3.05) is 7.11 Å². The topological polar surface area (TPSA) is 81.4 Å². The zero-order valence-corrected chi connectivity index (χ0v) is 7.46. The van der Waals surface area contributed by atoms with Crippen molar-refractivity contribution >= 4 is 11.9 Å². The van der Waals surface area contributed by atoms with E-state index in [2.05, 4.69) is 10.1 Å². The van der Waals surface area contributed by atoms with E-state index in [0.717, 1.165) is 0 Å². The van der Waals surface area contributed by atoms with E-state index in [1.54, 1.807) is 6.92 Å². The Labute approximate surface area is 71.3 Å². The van der Waals surface area contributed by atoms with E-state index in [0.29, 0.717) is 0 Å². The molecule has 0 aliphatic heterocycles. The lowest BCUT2D eigenvalue weighted by atomic mass is 10.1. The fourth-order valence-electron chi connectivity index (χ4n) is 0.751. The number of esters is 1. The van der Waals surface area contributed by atoms with Crippen LogP contribution < -0.4 is 11.1 Å². The molecule has 0 radical (unpaired) electrons. The van der Waals surface area contributed by atoms with Gasteiger partial charge in [0, 0.05) is 13.0 Å². The van der Waals surface area contributed by atoms with E-state index < -0.39 is 18.1 Å². The van der Waals surface area contributed by atoms with Gasteiger partial charge in [-0.2, -0.15) is 0 Å². The first-order valence-corrected chi connectivity index (χ1v) is 3.59. The van der Waals surface area contributed by atoms with Gasteiger partial charge < -0.3 is 15.8 Å². The molecule has 5 heteroatoms. The van der Waals surface area contributed by atoms with Crippen molar-refractivity contribution in [3.63, 3.8) is 0 Å². The molecule has 2 atom stereocenters. The van der Waals surface area contributed by atoms with Crippen LogP contribution in [-0.2, 0) is 14.3 Å². The van der Waals surface area contributed by atoms with Gasteiger partial charge in [0.1, 0.15) is 6.04 Å². The maximum absolute atomic E-state index is 11.0. The predicted molar refractivity (Wildman–Crippen MR) is 43.3 cm³/mol. The van der Waals surface area contributed by atoms with Crippen molar-refractivity contribution in [2.45, 2.75) is 25.9 Å². The SMILES string of the molecule is COC(=O)[C@@H](NC(C)=O)[C@@H](C)N. The number of hydrogen-bond acceptors (Lipinski definition) is 4. The highest BCUT2D eigenvalue weighted by Crippen LogP contribution is 1.92. The van der Waals surface area contributed by atoms with Crippen LogP contribution in [0.15, 0.2) is 0 Å². The second-order valence-electron chi connectivity index (χ2n) is 2.56. The van der Waals surface area contributed by atoms with Crippen LogP contribution in [0.3, 0.4) is 0 Å². The molecule has 0 aliphatic rings. The Hall–Kier alpha value is -1.10. The fourth-order valence-corrected chi connectivity index (χ4v) is 0.751. The molecule has 0 aromatic rings. The van der Waals surface area contributed by atoms with E-state index in [9.17, 15) is 9.59 Å². The third kappa shape index (κ3) is 3.34. The van der Waals surface area contributed by atoms with E-state index in [1.807, 2.05) is 0 Å². The number of nitrogens with one attached hydrogen (secondary N) is 1. The lowest BCUT2D eigenvalue weighted by molar-refractivity contribution is -0.145. The van der Waals surface area contributed by atoms with E-state index in [-0.39, 0.29) is 5.91 Å². The van der Waals surface area contributed by atoms with Gasteiger partial charge in [-0.25, -0.2) is 4.79 Å². The largest absolute Gasteiger partial charge is 0.467 e. The Bertz CT molecular complexity index is 179. The fraction of sp³-hybridized carbons (Fsp3) is 0.714. The van der Waals surface area contributed by atoms with Gasteiger partial charge in [0.2, 0.25) is 5.91 Å². The molecule has 5 nitrogen and oxygen atoms in total. The van der Waals surface area contributed by atoms with Gasteiger partial charge in [0.15, 0.2) is 0 Å². The number of rotatable bonds is 3. The first-order chi connectivity index (χ1) is 5.49. The Morgan fingerprint density at radius 1 is 1.50 bits per heavy atom. The van der Waals surface area contributed by atoms with Crippen LogP contribution in [0.25, 0.3) is 0 Å². The normalized spacial score (nSPS) is 14.7. The third-order valence-corrected chi connectivity index (χ3v) is 1.34. The average Bonchev–Trinajstić information content (AvgIpc) is 1.98. The standard InChI is InChI=1S/C7H14N2O3/c1-4(8)6(7(11)12-3)9-5(2)10/h4,6H,8H2,1-3H3,(H,9,10)/t4-,6+/m1/s1. The quantitative estimate of drug-likeness (QED) is 0.538. The molecule has 0 aromatic heterocycles. The van der Waals surface area contributed by atoms with Gasteiger partial charge in [0.25, 0.3) is 0 Å². The number of nitrogens with two attached hydrogens (primary N) is 1. The van der Waals surface area contributed by atoms with Crippen LogP contribution in [0, 0.1) is 0 Å². The molecule has 70 valence electrons. The zero-order valence-electron chi connectivity index (χ0n) is 7.46. The summed E-state index contributed by atoms with van der Waals surface area (Å²) in [6.07, 6.45) is 0. The van der Waals surface area contributed by atoms with E-state index in [1.165, 1.54) is 14.0 Å². The van der Waals surface area contributed by atoms with Gasteiger partial charge in [-0.05, 0) is 6.92 Å². The van der Waals surface area contributed by atoms with E-state index >= 15 is 0 Å². The minimum atomic E-state index is -0.757. The van der Waals surface area contributed by atoms with Crippen LogP contribution in [0.2, 0.25) is 0 Å². The third-order valence-electron chi connectivity index (χ3n) is 1.34. The summed E-state index contributed by atoms with van der Waals surface area (Å²) in [5.74, 6) is -0.831. The molecule has 0 heterocycles. The van der Waals surface area contributed by atoms with Crippen molar-refractivity contribution in [1.29, 1.82) is 0 Å². The Morgan fingerprint density at radius 3 is 2.25 bits per heavy atom. The van der Waals surface area contributed by atoms with Crippen molar-refractivity contribution in [1.82, 2.24) is 5.32 Å². The van der Waals surface area contributed by atoms with Gasteiger partial charge in [-0.15, -0.1) is 0 Å². The van der Waals surface area contributed by atoms with Crippen molar-refractivity contribution < 1.29 is 14.3 Å². The molecule has 3 N–H and O–H groups in total. The Kier molecular flexibility index (Phi) is 4.28. The number of amides is 1. The molecule has 0 fully saturated rings. The Balaban J connectivity index is 4.23. The number of carbonyl (C=O) groups is 2. The number of ether oxygens (including phenoxy) is 1. The minimum absolute atomic E-state index is 0.303. The summed E-state index contributed by atoms with van der Waals surface area (Å²) in [6, 6.07) is -1.21. The summed E-state index contributed by atoms with van der Waals surface area (Å²) in [4.78, 5) is 21.6. The second kappa shape index (κ2) is 4.71. The lowest BCUT2D eigenvalue weighted by Crippen LogP contribution is -2.51. The summed E-state index contributed by atoms with van der Waals surface area (Å²) < 4.78 is 4.44. The monoisotopic (exact) mass is 174 g/mol. The van der Waals surface area contributed by atoms with Crippen molar-refractivity contribution in [2.24, 2.45) is 5.73 Å². The van der Waals surface area contributed by atoms with E-state index in [4.69, 9.17) is 5.73 Å². The molecule has 0 saturated heterocycles. The molecular weight excluding hydrogens is 160 g/mol. The van der Waals surface area contributed by atoms with Gasteiger partial charge >= 0.3 is 5.97 Å². The maximum atomic E-state index is 11.0. The molecule has 0 bridgehead atoms. The highest BCUT2D eigenvalue weighted by Gasteiger charge is 2.23. The maximum Gasteiger partial charge on any atom is 0.329 e. The molecule has 1 amide bonds. The average molecular weight is 174 g/mol. The summed E-state index contributed by atoms with van der Waals surface area (Å²) in [6.45, 7) is 2.94. The number of carbonyl (C=O) groups excluding carboxylic acids is 2. The van der Waals surface area contributed by atoms with Crippen LogP contribution in [0.4, 0.5) is 0 Å². The lowest BCUT2D eigenvalue weighted by Gasteiger charge is -2.18. The summed E-state index contributed by atoms with van der Waals surface area (Å²) in [5, 5.41) is 2.39. The summed E-state index contributed by atoms with van der Waals surface area (Å²) in [5.41, 5.74) is 5.45. The predicted octanol–water partition coefficient (Wildman–Crippen LogP) is -0.989. The first-order valence-electron chi connectivity index (χ1n) is 3.59. The van der Waals surface area contributed by atoms with Crippen molar-refractivity contribution in [3.8, 4) is 0 Å². The first kappa shape index (κ1) is 10.9. The summed E-state index contributed by atoms with van der Waals surface area (Å²) >= 11 is 0. The second-order valence-corrected chi connectivity index (χ2v) is 2.56. The van der Waals surface area contributed by atoms with Crippen molar-refractivity contribution in [3.05, 3.63) is 0 Å².